The van der Waals surface area contributed by atoms with E-state index in [0.29, 0.717) is 6.54 Å². The maximum Gasteiger partial charge on any atom is 0.335 e. The summed E-state index contributed by atoms with van der Waals surface area (Å²) in [5.41, 5.74) is 1.10. The van der Waals surface area contributed by atoms with Gasteiger partial charge in [-0.15, -0.1) is 6.58 Å². The average molecular weight is 219 g/mol. The molecule has 0 unspecified atom stereocenters. The van der Waals surface area contributed by atoms with Crippen LogP contribution in [0.1, 0.15) is 22.3 Å². The van der Waals surface area contributed by atoms with Gasteiger partial charge in [-0.25, -0.2) is 4.79 Å². The lowest BCUT2D eigenvalue weighted by Crippen LogP contribution is -2.21. The van der Waals surface area contributed by atoms with Crippen molar-refractivity contribution in [1.82, 2.24) is 5.32 Å². The van der Waals surface area contributed by atoms with Crippen LogP contribution in [0.15, 0.2) is 36.9 Å². The Labute approximate surface area is 93.6 Å². The van der Waals surface area contributed by atoms with Gasteiger partial charge in [-0.05, 0) is 17.7 Å². The number of hydrogen-bond donors (Lipinski definition) is 2. The number of hydrogen-bond acceptors (Lipinski definition) is 2. The summed E-state index contributed by atoms with van der Waals surface area (Å²) in [5.74, 6) is -1.06. The van der Waals surface area contributed by atoms with Crippen LogP contribution in [0.4, 0.5) is 0 Å². The van der Waals surface area contributed by atoms with Gasteiger partial charge in [0.05, 0.1) is 5.56 Å². The number of benzene rings is 1. The molecule has 0 aliphatic carbocycles. The highest BCUT2D eigenvalue weighted by molar-refractivity contribution is 5.87. The molecule has 1 amide bonds. The van der Waals surface area contributed by atoms with Crippen molar-refractivity contribution in [2.45, 2.75) is 13.0 Å². The molecule has 4 heteroatoms. The van der Waals surface area contributed by atoms with E-state index in [0.717, 1.165) is 5.56 Å². The number of amides is 1. The average Bonchev–Trinajstić information content (AvgIpc) is 2.27. The minimum atomic E-state index is -0.956. The van der Waals surface area contributed by atoms with Crippen molar-refractivity contribution < 1.29 is 14.7 Å². The summed E-state index contributed by atoms with van der Waals surface area (Å²) in [6.07, 6.45) is 1.82. The van der Waals surface area contributed by atoms with Crippen LogP contribution in [0.2, 0.25) is 0 Å². The smallest absolute Gasteiger partial charge is 0.335 e. The van der Waals surface area contributed by atoms with Crippen LogP contribution >= 0.6 is 0 Å². The molecule has 0 aromatic heterocycles. The molecule has 0 aliphatic rings. The monoisotopic (exact) mass is 219 g/mol. The number of rotatable bonds is 5. The van der Waals surface area contributed by atoms with Gasteiger partial charge in [0.25, 0.3) is 0 Å². The molecule has 1 aromatic rings. The van der Waals surface area contributed by atoms with Crippen molar-refractivity contribution in [3.8, 4) is 0 Å². The normalized spacial score (nSPS) is 9.50. The number of carbonyl (C=O) groups excluding carboxylic acids is 1. The molecule has 16 heavy (non-hydrogen) atoms. The van der Waals surface area contributed by atoms with Crippen molar-refractivity contribution in [2.75, 3.05) is 0 Å². The van der Waals surface area contributed by atoms with Crippen molar-refractivity contribution in [1.29, 1.82) is 0 Å². The summed E-state index contributed by atoms with van der Waals surface area (Å²) in [6, 6.07) is 6.38. The number of carboxylic acids is 1. The van der Waals surface area contributed by atoms with Crippen LogP contribution in [-0.2, 0) is 11.3 Å². The fourth-order valence-corrected chi connectivity index (χ4v) is 1.17. The Bertz CT molecular complexity index is 395. The molecule has 2 N–H and O–H groups in total. The Morgan fingerprint density at radius 2 is 1.94 bits per heavy atom. The first-order valence-corrected chi connectivity index (χ1v) is 4.83. The third-order valence-electron chi connectivity index (χ3n) is 2.02. The zero-order valence-corrected chi connectivity index (χ0v) is 8.77. The Morgan fingerprint density at radius 3 is 2.44 bits per heavy atom. The number of nitrogens with one attached hydrogen (secondary N) is 1. The van der Waals surface area contributed by atoms with E-state index >= 15 is 0 Å². The van der Waals surface area contributed by atoms with E-state index in [1.54, 1.807) is 12.1 Å². The van der Waals surface area contributed by atoms with Gasteiger partial charge < -0.3 is 10.4 Å². The minimum Gasteiger partial charge on any atom is -0.478 e. The largest absolute Gasteiger partial charge is 0.478 e. The van der Waals surface area contributed by atoms with Crippen molar-refractivity contribution in [2.24, 2.45) is 0 Å². The molecule has 0 aliphatic heterocycles. The van der Waals surface area contributed by atoms with E-state index in [9.17, 15) is 9.59 Å². The summed E-state index contributed by atoms with van der Waals surface area (Å²) in [6.45, 7) is 3.86. The Morgan fingerprint density at radius 1 is 1.31 bits per heavy atom. The van der Waals surface area contributed by atoms with Crippen LogP contribution in [0.5, 0.6) is 0 Å². The lowest BCUT2D eigenvalue weighted by molar-refractivity contribution is -0.120. The number of carboxylic acid groups (broad SMARTS) is 1. The molecular formula is C12H13NO3. The molecule has 0 bridgehead atoms. The quantitative estimate of drug-likeness (QED) is 0.739. The van der Waals surface area contributed by atoms with Crippen LogP contribution in [-0.4, -0.2) is 17.0 Å². The van der Waals surface area contributed by atoms with Crippen LogP contribution in [0.3, 0.4) is 0 Å². The summed E-state index contributed by atoms with van der Waals surface area (Å²) in [7, 11) is 0. The Hall–Kier alpha value is -2.10. The first-order chi connectivity index (χ1) is 7.63. The van der Waals surface area contributed by atoms with Crippen LogP contribution in [0, 0.1) is 0 Å². The Kier molecular flexibility index (Phi) is 4.27. The maximum absolute atomic E-state index is 11.1. The third kappa shape index (κ3) is 3.57. The summed E-state index contributed by atoms with van der Waals surface area (Å²) >= 11 is 0. The zero-order valence-electron chi connectivity index (χ0n) is 8.77. The van der Waals surface area contributed by atoms with Crippen LogP contribution < -0.4 is 5.32 Å². The highest BCUT2D eigenvalue weighted by Crippen LogP contribution is 2.04. The summed E-state index contributed by atoms with van der Waals surface area (Å²) in [4.78, 5) is 21.7. The fourth-order valence-electron chi connectivity index (χ4n) is 1.17. The lowest BCUT2D eigenvalue weighted by Gasteiger charge is -2.03. The second kappa shape index (κ2) is 5.70. The molecule has 0 spiro atoms. The van der Waals surface area contributed by atoms with Gasteiger partial charge in [-0.1, -0.05) is 18.2 Å². The molecule has 1 aromatic carbocycles. The first-order valence-electron chi connectivity index (χ1n) is 4.83. The molecule has 0 saturated heterocycles. The Balaban J connectivity index is 2.52. The second-order valence-corrected chi connectivity index (χ2v) is 3.27. The van der Waals surface area contributed by atoms with Gasteiger partial charge in [0.1, 0.15) is 0 Å². The van der Waals surface area contributed by atoms with E-state index in [1.807, 2.05) is 0 Å². The SMILES string of the molecule is C=CCC(=O)NCc1ccc(C(=O)O)cc1. The molecular weight excluding hydrogens is 206 g/mol. The highest BCUT2D eigenvalue weighted by atomic mass is 16.4. The molecule has 0 heterocycles. The van der Waals surface area contributed by atoms with Crippen molar-refractivity contribution in [3.05, 3.63) is 48.0 Å². The van der Waals surface area contributed by atoms with E-state index in [4.69, 9.17) is 5.11 Å². The topological polar surface area (TPSA) is 66.4 Å². The number of aromatic carboxylic acids is 1. The first kappa shape index (κ1) is 12.0. The molecule has 0 fully saturated rings. The van der Waals surface area contributed by atoms with Gasteiger partial charge in [-0.2, -0.15) is 0 Å². The third-order valence-corrected chi connectivity index (χ3v) is 2.02. The van der Waals surface area contributed by atoms with Gasteiger partial charge in [0, 0.05) is 13.0 Å². The molecule has 0 saturated carbocycles. The molecule has 84 valence electrons. The molecule has 4 nitrogen and oxygen atoms in total. The second-order valence-electron chi connectivity index (χ2n) is 3.27. The summed E-state index contributed by atoms with van der Waals surface area (Å²) < 4.78 is 0. The standard InChI is InChI=1S/C12H13NO3/c1-2-3-11(14)13-8-9-4-6-10(7-5-9)12(15)16/h2,4-7H,1,3,8H2,(H,13,14)(H,15,16). The fraction of sp³-hybridized carbons (Fsp3) is 0.167. The molecule has 1 rings (SSSR count). The van der Waals surface area contributed by atoms with Gasteiger partial charge >= 0.3 is 5.97 Å². The zero-order chi connectivity index (χ0) is 12.0. The van der Waals surface area contributed by atoms with Gasteiger partial charge in [-0.3, -0.25) is 4.79 Å². The van der Waals surface area contributed by atoms with Gasteiger partial charge in [0.2, 0.25) is 5.91 Å². The lowest BCUT2D eigenvalue weighted by atomic mass is 10.1. The van der Waals surface area contributed by atoms with E-state index in [1.165, 1.54) is 18.2 Å². The van der Waals surface area contributed by atoms with E-state index in [-0.39, 0.29) is 17.9 Å². The van der Waals surface area contributed by atoms with E-state index < -0.39 is 5.97 Å². The van der Waals surface area contributed by atoms with Gasteiger partial charge in [0.15, 0.2) is 0 Å². The maximum atomic E-state index is 11.1. The van der Waals surface area contributed by atoms with Crippen LogP contribution in [0.25, 0.3) is 0 Å². The predicted molar refractivity (Wildman–Crippen MR) is 60.1 cm³/mol. The van der Waals surface area contributed by atoms with E-state index in [2.05, 4.69) is 11.9 Å². The summed E-state index contributed by atoms with van der Waals surface area (Å²) in [5, 5.41) is 11.4. The van der Waals surface area contributed by atoms with Crippen molar-refractivity contribution >= 4 is 11.9 Å². The molecule has 0 radical (unpaired) electrons. The minimum absolute atomic E-state index is 0.0997. The van der Waals surface area contributed by atoms with Crippen molar-refractivity contribution in [3.63, 3.8) is 0 Å². The number of carbonyl (C=O) groups is 2. The predicted octanol–water partition coefficient (Wildman–Crippen LogP) is 1.58. The molecule has 0 atom stereocenters. The highest BCUT2D eigenvalue weighted by Gasteiger charge is 2.02.